The maximum Gasteiger partial charge on any atom is 0.315 e. The Morgan fingerprint density at radius 3 is 2.36 bits per heavy atom. The van der Waals surface area contributed by atoms with Crippen molar-refractivity contribution in [3.8, 4) is 0 Å². The molecule has 1 aliphatic rings. The van der Waals surface area contributed by atoms with Crippen LogP contribution < -0.4 is 16.0 Å². The largest absolute Gasteiger partial charge is 0.355 e. The Bertz CT molecular complexity index is 515. The molecule has 0 spiro atoms. The van der Waals surface area contributed by atoms with Gasteiger partial charge in [0.1, 0.15) is 0 Å². The summed E-state index contributed by atoms with van der Waals surface area (Å²) in [6, 6.07) is 7.41. The van der Waals surface area contributed by atoms with E-state index in [9.17, 15) is 9.59 Å². The maximum absolute atomic E-state index is 12.0. The van der Waals surface area contributed by atoms with E-state index >= 15 is 0 Å². The van der Waals surface area contributed by atoms with Gasteiger partial charge in [-0.3, -0.25) is 4.79 Å². The molecule has 5 nitrogen and oxygen atoms in total. The van der Waals surface area contributed by atoms with Crippen molar-refractivity contribution in [1.82, 2.24) is 16.0 Å². The zero-order valence-electron chi connectivity index (χ0n) is 12.7. The Morgan fingerprint density at radius 2 is 1.82 bits per heavy atom. The maximum atomic E-state index is 12.0. The molecule has 1 aromatic rings. The van der Waals surface area contributed by atoms with E-state index in [-0.39, 0.29) is 18.0 Å². The third-order valence-electron chi connectivity index (χ3n) is 3.92. The van der Waals surface area contributed by atoms with Crippen molar-refractivity contribution in [3.05, 3.63) is 34.9 Å². The highest BCUT2D eigenvalue weighted by molar-refractivity contribution is 6.30. The molecule has 0 radical (unpaired) electrons. The minimum Gasteiger partial charge on any atom is -0.355 e. The van der Waals surface area contributed by atoms with E-state index in [2.05, 4.69) is 16.0 Å². The molecule has 1 aliphatic carbocycles. The van der Waals surface area contributed by atoms with Crippen LogP contribution in [0.1, 0.15) is 37.8 Å². The van der Waals surface area contributed by atoms with Crippen LogP contribution in [0, 0.1) is 5.92 Å². The van der Waals surface area contributed by atoms with Crippen LogP contribution in [-0.2, 0) is 4.79 Å². The molecule has 0 heterocycles. The first kappa shape index (κ1) is 16.6. The molecule has 0 aromatic heterocycles. The number of carbonyl (C=O) groups is 2. The van der Waals surface area contributed by atoms with E-state index < -0.39 is 0 Å². The number of rotatable bonds is 6. The highest BCUT2D eigenvalue weighted by Gasteiger charge is 2.29. The molecule has 1 atom stereocenters. The van der Waals surface area contributed by atoms with Crippen molar-refractivity contribution < 1.29 is 9.59 Å². The molecule has 3 N–H and O–H groups in total. The van der Waals surface area contributed by atoms with Gasteiger partial charge in [-0.25, -0.2) is 4.79 Å². The Kier molecular flexibility index (Phi) is 6.07. The lowest BCUT2D eigenvalue weighted by molar-refractivity contribution is -0.118. The minimum atomic E-state index is -0.211. The first-order valence-electron chi connectivity index (χ1n) is 7.60. The average molecular weight is 324 g/mol. The summed E-state index contributed by atoms with van der Waals surface area (Å²) in [5.74, 6) is 0.373. The van der Waals surface area contributed by atoms with Gasteiger partial charge in [0.15, 0.2) is 0 Å². The minimum absolute atomic E-state index is 0.00628. The summed E-state index contributed by atoms with van der Waals surface area (Å²) in [7, 11) is 0. The highest BCUT2D eigenvalue weighted by atomic mass is 35.5. The molecule has 1 unspecified atom stereocenters. The topological polar surface area (TPSA) is 70.2 Å². The SMILES string of the molecule is CC(=O)NCCNC(=O)NC(c1ccc(Cl)cc1)C1CCC1. The van der Waals surface area contributed by atoms with Gasteiger partial charge in [-0.05, 0) is 36.5 Å². The van der Waals surface area contributed by atoms with Gasteiger partial charge >= 0.3 is 6.03 Å². The van der Waals surface area contributed by atoms with Crippen molar-refractivity contribution in [3.63, 3.8) is 0 Å². The number of benzene rings is 1. The number of nitrogens with one attached hydrogen (secondary N) is 3. The normalized spacial score (nSPS) is 15.5. The molecule has 120 valence electrons. The van der Waals surface area contributed by atoms with Gasteiger partial charge in [-0.2, -0.15) is 0 Å². The van der Waals surface area contributed by atoms with Gasteiger partial charge in [0, 0.05) is 25.0 Å². The van der Waals surface area contributed by atoms with Gasteiger partial charge in [-0.1, -0.05) is 30.2 Å². The number of amides is 3. The molecule has 2 rings (SSSR count). The van der Waals surface area contributed by atoms with E-state index in [4.69, 9.17) is 11.6 Å². The van der Waals surface area contributed by atoms with Crippen molar-refractivity contribution in [2.45, 2.75) is 32.2 Å². The highest BCUT2D eigenvalue weighted by Crippen LogP contribution is 2.37. The Hall–Kier alpha value is -1.75. The van der Waals surface area contributed by atoms with Gasteiger partial charge in [0.05, 0.1) is 6.04 Å². The monoisotopic (exact) mass is 323 g/mol. The molecule has 1 fully saturated rings. The zero-order valence-corrected chi connectivity index (χ0v) is 13.5. The van der Waals surface area contributed by atoms with Gasteiger partial charge in [0.25, 0.3) is 0 Å². The van der Waals surface area contributed by atoms with Crippen molar-refractivity contribution in [2.24, 2.45) is 5.92 Å². The van der Waals surface area contributed by atoms with E-state index in [0.29, 0.717) is 24.0 Å². The lowest BCUT2D eigenvalue weighted by Gasteiger charge is -2.34. The van der Waals surface area contributed by atoms with E-state index in [1.165, 1.54) is 13.3 Å². The fraction of sp³-hybridized carbons (Fsp3) is 0.500. The summed E-state index contributed by atoms with van der Waals surface area (Å²) in [5.41, 5.74) is 1.08. The van der Waals surface area contributed by atoms with Crippen LogP contribution in [0.5, 0.6) is 0 Å². The molecule has 1 aromatic carbocycles. The predicted molar refractivity (Wildman–Crippen MR) is 86.8 cm³/mol. The van der Waals surface area contributed by atoms with Crippen molar-refractivity contribution >= 4 is 23.5 Å². The van der Waals surface area contributed by atoms with Crippen LogP contribution in [0.3, 0.4) is 0 Å². The van der Waals surface area contributed by atoms with E-state index in [1.54, 1.807) is 0 Å². The molecular formula is C16H22ClN3O2. The molecular weight excluding hydrogens is 302 g/mol. The quantitative estimate of drug-likeness (QED) is 0.704. The zero-order chi connectivity index (χ0) is 15.9. The Balaban J connectivity index is 1.88. The summed E-state index contributed by atoms with van der Waals surface area (Å²) in [6.07, 6.45) is 3.46. The molecule has 22 heavy (non-hydrogen) atoms. The van der Waals surface area contributed by atoms with Crippen molar-refractivity contribution in [1.29, 1.82) is 0 Å². The third kappa shape index (κ3) is 4.91. The smallest absolute Gasteiger partial charge is 0.315 e. The predicted octanol–water partition coefficient (Wildman–Crippen LogP) is 2.62. The summed E-state index contributed by atoms with van der Waals surface area (Å²) < 4.78 is 0. The summed E-state index contributed by atoms with van der Waals surface area (Å²) in [4.78, 5) is 22.8. The molecule has 0 aliphatic heterocycles. The summed E-state index contributed by atoms with van der Waals surface area (Å²) in [5, 5.41) is 9.13. The number of urea groups is 1. The summed E-state index contributed by atoms with van der Waals surface area (Å²) in [6.45, 7) is 2.29. The van der Waals surface area contributed by atoms with Gasteiger partial charge in [0.2, 0.25) is 5.91 Å². The fourth-order valence-corrected chi connectivity index (χ4v) is 2.65. The third-order valence-corrected chi connectivity index (χ3v) is 4.17. The molecule has 3 amide bonds. The number of carbonyl (C=O) groups excluding carboxylic acids is 2. The van der Waals surface area contributed by atoms with Crippen LogP contribution >= 0.6 is 11.6 Å². The van der Waals surface area contributed by atoms with E-state index in [0.717, 1.165) is 18.4 Å². The lowest BCUT2D eigenvalue weighted by Crippen LogP contribution is -2.44. The molecule has 6 heteroatoms. The first-order valence-corrected chi connectivity index (χ1v) is 7.98. The molecule has 0 bridgehead atoms. The second-order valence-electron chi connectivity index (χ2n) is 5.60. The van der Waals surface area contributed by atoms with Crippen LogP contribution in [0.4, 0.5) is 4.79 Å². The van der Waals surface area contributed by atoms with Crippen LogP contribution in [0.25, 0.3) is 0 Å². The van der Waals surface area contributed by atoms with Gasteiger partial charge in [-0.15, -0.1) is 0 Å². The number of hydrogen-bond donors (Lipinski definition) is 3. The first-order chi connectivity index (χ1) is 10.6. The fourth-order valence-electron chi connectivity index (χ4n) is 2.52. The van der Waals surface area contributed by atoms with Crippen LogP contribution in [-0.4, -0.2) is 25.0 Å². The average Bonchev–Trinajstić information content (AvgIpc) is 2.42. The van der Waals surface area contributed by atoms with E-state index in [1.807, 2.05) is 24.3 Å². The van der Waals surface area contributed by atoms with Crippen molar-refractivity contribution in [2.75, 3.05) is 13.1 Å². The molecule has 0 saturated heterocycles. The number of hydrogen-bond acceptors (Lipinski definition) is 2. The van der Waals surface area contributed by atoms with Gasteiger partial charge < -0.3 is 16.0 Å². The lowest BCUT2D eigenvalue weighted by atomic mass is 9.77. The molecule has 1 saturated carbocycles. The second-order valence-corrected chi connectivity index (χ2v) is 6.04. The van der Waals surface area contributed by atoms with Crippen LogP contribution in [0.2, 0.25) is 5.02 Å². The second kappa shape index (κ2) is 8.03. The van der Waals surface area contributed by atoms with Crippen LogP contribution in [0.15, 0.2) is 24.3 Å². The number of halogens is 1. The Labute approximate surface area is 135 Å². The summed E-state index contributed by atoms with van der Waals surface area (Å²) >= 11 is 5.93. The standard InChI is InChI=1S/C16H22ClN3O2/c1-11(21)18-9-10-19-16(22)20-15(12-3-2-4-12)13-5-7-14(17)8-6-13/h5-8,12,15H,2-4,9-10H2,1H3,(H,18,21)(H2,19,20,22). The Morgan fingerprint density at radius 1 is 1.18 bits per heavy atom.